The molecule has 0 bridgehead atoms. The fourth-order valence-corrected chi connectivity index (χ4v) is 2.20. The molecule has 0 spiro atoms. The second-order valence-electron chi connectivity index (χ2n) is 4.51. The van der Waals surface area contributed by atoms with E-state index in [-0.39, 0.29) is 11.9 Å². The summed E-state index contributed by atoms with van der Waals surface area (Å²) in [4.78, 5) is 13.9. The molecule has 0 aromatic rings. The van der Waals surface area contributed by atoms with Gasteiger partial charge in [-0.15, -0.1) is 0 Å². The molecule has 92 valence electrons. The summed E-state index contributed by atoms with van der Waals surface area (Å²) in [6.07, 6.45) is 2.10. The SMILES string of the molecule is O=C(CN1CCNCC1)NC1CCCOC1. The first-order valence-corrected chi connectivity index (χ1v) is 6.15. The van der Waals surface area contributed by atoms with Crippen LogP contribution in [0.5, 0.6) is 0 Å². The highest BCUT2D eigenvalue weighted by molar-refractivity contribution is 5.78. The van der Waals surface area contributed by atoms with Crippen LogP contribution in [0.25, 0.3) is 0 Å². The van der Waals surface area contributed by atoms with E-state index in [1.54, 1.807) is 0 Å². The highest BCUT2D eigenvalue weighted by Gasteiger charge is 2.18. The van der Waals surface area contributed by atoms with Gasteiger partial charge in [-0.05, 0) is 12.8 Å². The number of hydrogen-bond acceptors (Lipinski definition) is 4. The standard InChI is InChI=1S/C11H21N3O2/c15-11(8-14-5-3-12-4-6-14)13-10-2-1-7-16-9-10/h10,12H,1-9H2,(H,13,15). The van der Waals surface area contributed by atoms with Crippen LogP contribution in [0.1, 0.15) is 12.8 Å². The first-order chi connectivity index (χ1) is 7.84. The highest BCUT2D eigenvalue weighted by atomic mass is 16.5. The van der Waals surface area contributed by atoms with Crippen LogP contribution in [0.2, 0.25) is 0 Å². The third-order valence-corrected chi connectivity index (χ3v) is 3.10. The van der Waals surface area contributed by atoms with Crippen molar-refractivity contribution in [3.63, 3.8) is 0 Å². The zero-order valence-corrected chi connectivity index (χ0v) is 9.71. The Labute approximate surface area is 96.5 Å². The van der Waals surface area contributed by atoms with E-state index in [1.165, 1.54) is 0 Å². The number of amides is 1. The number of carbonyl (C=O) groups is 1. The average molecular weight is 227 g/mol. The van der Waals surface area contributed by atoms with E-state index in [1.807, 2.05) is 0 Å². The molecule has 0 saturated carbocycles. The molecule has 2 aliphatic rings. The van der Waals surface area contributed by atoms with Crippen molar-refractivity contribution in [3.05, 3.63) is 0 Å². The summed E-state index contributed by atoms with van der Waals surface area (Å²) in [5, 5.41) is 6.32. The number of nitrogens with zero attached hydrogens (tertiary/aromatic N) is 1. The van der Waals surface area contributed by atoms with Gasteiger partial charge in [0.2, 0.25) is 5.91 Å². The van der Waals surface area contributed by atoms with E-state index in [2.05, 4.69) is 15.5 Å². The van der Waals surface area contributed by atoms with Gasteiger partial charge in [0.15, 0.2) is 0 Å². The lowest BCUT2D eigenvalue weighted by atomic mass is 10.1. The van der Waals surface area contributed by atoms with Gasteiger partial charge >= 0.3 is 0 Å². The molecule has 5 nitrogen and oxygen atoms in total. The van der Waals surface area contributed by atoms with Crippen LogP contribution in [-0.2, 0) is 9.53 Å². The van der Waals surface area contributed by atoms with Crippen LogP contribution in [-0.4, -0.2) is 62.8 Å². The minimum absolute atomic E-state index is 0.136. The molecular formula is C11H21N3O2. The normalized spacial score (nSPS) is 27.6. The van der Waals surface area contributed by atoms with Gasteiger partial charge in [0.25, 0.3) is 0 Å². The molecule has 2 rings (SSSR count). The zero-order chi connectivity index (χ0) is 11.2. The minimum Gasteiger partial charge on any atom is -0.379 e. The molecule has 1 unspecified atom stereocenters. The molecule has 16 heavy (non-hydrogen) atoms. The van der Waals surface area contributed by atoms with Gasteiger partial charge in [-0.25, -0.2) is 0 Å². The van der Waals surface area contributed by atoms with Gasteiger partial charge in [-0.3, -0.25) is 9.69 Å². The largest absolute Gasteiger partial charge is 0.379 e. The van der Waals surface area contributed by atoms with E-state index >= 15 is 0 Å². The second kappa shape index (κ2) is 6.18. The molecule has 0 aliphatic carbocycles. The van der Waals surface area contributed by atoms with Gasteiger partial charge in [0.05, 0.1) is 19.2 Å². The second-order valence-corrected chi connectivity index (χ2v) is 4.51. The maximum atomic E-state index is 11.8. The molecule has 2 fully saturated rings. The Bertz CT molecular complexity index is 201. The van der Waals surface area contributed by atoms with Crippen molar-refractivity contribution in [2.24, 2.45) is 0 Å². The summed E-state index contributed by atoms with van der Waals surface area (Å²) in [6, 6.07) is 0.226. The van der Waals surface area contributed by atoms with Crippen LogP contribution in [0.4, 0.5) is 0 Å². The molecule has 2 heterocycles. The third kappa shape index (κ3) is 3.73. The molecule has 0 radical (unpaired) electrons. The van der Waals surface area contributed by atoms with Crippen LogP contribution in [0, 0.1) is 0 Å². The summed E-state index contributed by atoms with van der Waals surface area (Å²) in [5.74, 6) is 0.136. The molecule has 0 aromatic carbocycles. The lowest BCUT2D eigenvalue weighted by Gasteiger charge is -2.28. The van der Waals surface area contributed by atoms with E-state index < -0.39 is 0 Å². The topological polar surface area (TPSA) is 53.6 Å². The zero-order valence-electron chi connectivity index (χ0n) is 9.71. The van der Waals surface area contributed by atoms with Gasteiger partial charge in [-0.1, -0.05) is 0 Å². The van der Waals surface area contributed by atoms with Crippen molar-refractivity contribution in [2.45, 2.75) is 18.9 Å². The van der Waals surface area contributed by atoms with E-state index in [0.717, 1.165) is 45.6 Å². The summed E-state index contributed by atoms with van der Waals surface area (Å²) in [7, 11) is 0. The molecule has 2 N–H and O–H groups in total. The predicted molar refractivity (Wildman–Crippen MR) is 61.3 cm³/mol. The Morgan fingerprint density at radius 3 is 2.94 bits per heavy atom. The van der Waals surface area contributed by atoms with E-state index in [4.69, 9.17) is 4.74 Å². The third-order valence-electron chi connectivity index (χ3n) is 3.10. The van der Waals surface area contributed by atoms with Crippen molar-refractivity contribution in [1.82, 2.24) is 15.5 Å². The molecule has 0 aromatic heterocycles. The van der Waals surface area contributed by atoms with Crippen LogP contribution in [0.3, 0.4) is 0 Å². The lowest BCUT2D eigenvalue weighted by molar-refractivity contribution is -0.124. The number of rotatable bonds is 3. The lowest BCUT2D eigenvalue weighted by Crippen LogP contribution is -2.50. The van der Waals surface area contributed by atoms with Crippen LogP contribution < -0.4 is 10.6 Å². The van der Waals surface area contributed by atoms with E-state index in [9.17, 15) is 4.79 Å². The molecule has 2 aliphatic heterocycles. The summed E-state index contributed by atoms with van der Waals surface area (Å²) >= 11 is 0. The smallest absolute Gasteiger partial charge is 0.234 e. The van der Waals surface area contributed by atoms with Crippen molar-refractivity contribution in [2.75, 3.05) is 45.9 Å². The Balaban J connectivity index is 1.66. The molecular weight excluding hydrogens is 206 g/mol. The molecule has 5 heteroatoms. The number of nitrogens with one attached hydrogen (secondary N) is 2. The van der Waals surface area contributed by atoms with Crippen LogP contribution in [0.15, 0.2) is 0 Å². The molecule has 2 saturated heterocycles. The highest BCUT2D eigenvalue weighted by Crippen LogP contribution is 2.05. The Kier molecular flexibility index (Phi) is 4.56. The summed E-state index contributed by atoms with van der Waals surface area (Å²) in [5.41, 5.74) is 0. The number of hydrogen-bond donors (Lipinski definition) is 2. The Morgan fingerprint density at radius 1 is 1.44 bits per heavy atom. The van der Waals surface area contributed by atoms with Gasteiger partial charge < -0.3 is 15.4 Å². The first kappa shape index (κ1) is 11.8. The van der Waals surface area contributed by atoms with Gasteiger partial charge in [0.1, 0.15) is 0 Å². The maximum Gasteiger partial charge on any atom is 0.234 e. The van der Waals surface area contributed by atoms with Crippen molar-refractivity contribution in [3.8, 4) is 0 Å². The Hall–Kier alpha value is -0.650. The van der Waals surface area contributed by atoms with Crippen molar-refractivity contribution < 1.29 is 9.53 Å². The van der Waals surface area contributed by atoms with E-state index in [0.29, 0.717) is 13.2 Å². The number of ether oxygens (including phenoxy) is 1. The minimum atomic E-state index is 0.136. The number of piperazine rings is 1. The average Bonchev–Trinajstić information content (AvgIpc) is 2.31. The predicted octanol–water partition coefficient (Wildman–Crippen LogP) is -0.813. The van der Waals surface area contributed by atoms with Crippen LogP contribution >= 0.6 is 0 Å². The summed E-state index contributed by atoms with van der Waals surface area (Å²) in [6.45, 7) is 5.94. The first-order valence-electron chi connectivity index (χ1n) is 6.15. The summed E-state index contributed by atoms with van der Waals surface area (Å²) < 4.78 is 5.33. The fraction of sp³-hybridized carbons (Fsp3) is 0.909. The Morgan fingerprint density at radius 2 is 2.25 bits per heavy atom. The van der Waals surface area contributed by atoms with Crippen molar-refractivity contribution in [1.29, 1.82) is 0 Å². The molecule has 1 atom stereocenters. The van der Waals surface area contributed by atoms with Crippen molar-refractivity contribution >= 4 is 5.91 Å². The number of carbonyl (C=O) groups excluding carboxylic acids is 1. The maximum absolute atomic E-state index is 11.8. The fourth-order valence-electron chi connectivity index (χ4n) is 2.20. The van der Waals surface area contributed by atoms with Gasteiger partial charge in [0, 0.05) is 32.8 Å². The monoisotopic (exact) mass is 227 g/mol. The van der Waals surface area contributed by atoms with Gasteiger partial charge in [-0.2, -0.15) is 0 Å². The quantitative estimate of drug-likeness (QED) is 0.662. The molecule has 1 amide bonds.